The fourth-order valence-electron chi connectivity index (χ4n) is 2.71. The van der Waals surface area contributed by atoms with E-state index in [9.17, 15) is 8.78 Å². The Morgan fingerprint density at radius 2 is 1.92 bits per heavy atom. The third-order valence-electron chi connectivity index (χ3n) is 4.30. The molecule has 1 aliphatic rings. The molecule has 2 heterocycles. The molecule has 1 saturated carbocycles. The molecule has 1 N–H and O–H groups in total. The highest BCUT2D eigenvalue weighted by Gasteiger charge is 2.31. The second-order valence-electron chi connectivity index (χ2n) is 6.64. The standard InChI is InChI=1S/C17H17F2N5O/c1-8(2)14(17-23-15(24-25-17)9-3-4-9)22-16-10-5-11(18)12(19)6-13(10)20-7-21-16/h5-9,14H,3-4H2,1-2H3,(H,20,21,22). The first kappa shape index (κ1) is 15.9. The Morgan fingerprint density at radius 1 is 1.16 bits per heavy atom. The highest BCUT2D eigenvalue weighted by atomic mass is 19.2. The summed E-state index contributed by atoms with van der Waals surface area (Å²) in [7, 11) is 0. The van der Waals surface area contributed by atoms with Crippen molar-refractivity contribution < 1.29 is 13.3 Å². The van der Waals surface area contributed by atoms with Crippen LogP contribution >= 0.6 is 0 Å². The van der Waals surface area contributed by atoms with E-state index in [-0.39, 0.29) is 12.0 Å². The van der Waals surface area contributed by atoms with Crippen LogP contribution in [0.1, 0.15) is 50.4 Å². The lowest BCUT2D eigenvalue weighted by Gasteiger charge is -2.20. The monoisotopic (exact) mass is 345 g/mol. The largest absolute Gasteiger partial charge is 0.358 e. The molecule has 1 unspecified atom stereocenters. The maximum atomic E-state index is 13.6. The number of benzene rings is 1. The maximum Gasteiger partial charge on any atom is 0.249 e. The second kappa shape index (κ2) is 6.02. The lowest BCUT2D eigenvalue weighted by Crippen LogP contribution is -2.18. The van der Waals surface area contributed by atoms with Gasteiger partial charge < -0.3 is 9.84 Å². The van der Waals surface area contributed by atoms with E-state index in [4.69, 9.17) is 4.52 Å². The van der Waals surface area contributed by atoms with Gasteiger partial charge in [0, 0.05) is 17.4 Å². The van der Waals surface area contributed by atoms with Gasteiger partial charge in [-0.3, -0.25) is 0 Å². The molecule has 1 aliphatic carbocycles. The summed E-state index contributed by atoms with van der Waals surface area (Å²) in [6.45, 7) is 4.00. The van der Waals surface area contributed by atoms with Crippen LogP contribution in [0.5, 0.6) is 0 Å². The van der Waals surface area contributed by atoms with Crippen LogP contribution in [0.3, 0.4) is 0 Å². The minimum Gasteiger partial charge on any atom is -0.358 e. The topological polar surface area (TPSA) is 76.7 Å². The minimum absolute atomic E-state index is 0.114. The molecule has 1 aromatic carbocycles. The van der Waals surface area contributed by atoms with Gasteiger partial charge >= 0.3 is 0 Å². The third-order valence-corrected chi connectivity index (χ3v) is 4.30. The molecule has 0 bridgehead atoms. The van der Waals surface area contributed by atoms with Crippen LogP contribution in [0.25, 0.3) is 10.9 Å². The molecule has 3 aromatic rings. The van der Waals surface area contributed by atoms with E-state index in [1.165, 1.54) is 6.33 Å². The molecular formula is C17H17F2N5O. The molecule has 6 nitrogen and oxygen atoms in total. The molecule has 4 rings (SSSR count). The number of fused-ring (bicyclic) bond motifs is 1. The normalized spacial score (nSPS) is 15.7. The Kier molecular flexibility index (Phi) is 3.82. The average Bonchev–Trinajstić information content (AvgIpc) is 3.32. The van der Waals surface area contributed by atoms with Crippen molar-refractivity contribution in [3.05, 3.63) is 41.8 Å². The van der Waals surface area contributed by atoms with Gasteiger partial charge in [-0.05, 0) is 24.8 Å². The zero-order chi connectivity index (χ0) is 17.6. The minimum atomic E-state index is -0.944. The van der Waals surface area contributed by atoms with Crippen LogP contribution < -0.4 is 5.32 Å². The van der Waals surface area contributed by atoms with Gasteiger partial charge in [0.05, 0.1) is 5.52 Å². The molecule has 0 aliphatic heterocycles. The number of hydrogen-bond donors (Lipinski definition) is 1. The number of nitrogens with zero attached hydrogens (tertiary/aromatic N) is 4. The Morgan fingerprint density at radius 3 is 2.64 bits per heavy atom. The summed E-state index contributed by atoms with van der Waals surface area (Å²) in [6, 6.07) is 1.85. The predicted octanol–water partition coefficient (Wildman–Crippen LogP) is 3.98. The molecule has 1 atom stereocenters. The van der Waals surface area contributed by atoms with Gasteiger partial charge in [-0.25, -0.2) is 18.7 Å². The van der Waals surface area contributed by atoms with E-state index in [0.29, 0.717) is 28.5 Å². The first-order valence-corrected chi connectivity index (χ1v) is 8.22. The van der Waals surface area contributed by atoms with Gasteiger partial charge in [0.15, 0.2) is 17.5 Å². The first-order chi connectivity index (χ1) is 12.0. The van der Waals surface area contributed by atoms with Gasteiger partial charge in [0.25, 0.3) is 0 Å². The molecule has 0 amide bonds. The van der Waals surface area contributed by atoms with Gasteiger partial charge in [-0.1, -0.05) is 19.0 Å². The lowest BCUT2D eigenvalue weighted by atomic mass is 10.0. The highest BCUT2D eigenvalue weighted by Crippen LogP contribution is 2.39. The summed E-state index contributed by atoms with van der Waals surface area (Å²) >= 11 is 0. The number of hydrogen-bond acceptors (Lipinski definition) is 6. The van der Waals surface area contributed by atoms with Crippen LogP contribution in [0.4, 0.5) is 14.6 Å². The third kappa shape index (κ3) is 3.04. The molecule has 8 heteroatoms. The summed E-state index contributed by atoms with van der Waals surface area (Å²) < 4.78 is 32.5. The SMILES string of the molecule is CC(C)C(Nc1ncnc2cc(F)c(F)cc12)c1nc(C2CC2)no1. The van der Waals surface area contributed by atoms with E-state index >= 15 is 0 Å². The molecule has 2 aromatic heterocycles. The van der Waals surface area contributed by atoms with E-state index in [0.717, 1.165) is 30.8 Å². The molecule has 0 saturated heterocycles. The highest BCUT2D eigenvalue weighted by molar-refractivity contribution is 5.89. The molecule has 130 valence electrons. The number of halogens is 2. The molecule has 1 fully saturated rings. The van der Waals surface area contributed by atoms with Crippen molar-refractivity contribution in [3.8, 4) is 0 Å². The predicted molar refractivity (Wildman–Crippen MR) is 86.9 cm³/mol. The van der Waals surface area contributed by atoms with Crippen molar-refractivity contribution in [1.29, 1.82) is 0 Å². The van der Waals surface area contributed by atoms with Crippen LogP contribution in [0.2, 0.25) is 0 Å². The summed E-state index contributed by atoms with van der Waals surface area (Å²) in [5.41, 5.74) is 0.322. The Balaban J connectivity index is 1.70. The average molecular weight is 345 g/mol. The van der Waals surface area contributed by atoms with Gasteiger partial charge in [-0.2, -0.15) is 4.98 Å². The zero-order valence-corrected chi connectivity index (χ0v) is 13.8. The Labute approximate surface area is 142 Å². The van der Waals surface area contributed by atoms with Gasteiger partial charge in [0.2, 0.25) is 5.89 Å². The van der Waals surface area contributed by atoms with Crippen LogP contribution in [-0.2, 0) is 0 Å². The fourth-order valence-corrected chi connectivity index (χ4v) is 2.71. The summed E-state index contributed by atoms with van der Waals surface area (Å²) in [6.07, 6.45) is 3.48. The molecule has 0 spiro atoms. The van der Waals surface area contributed by atoms with Crippen LogP contribution in [-0.4, -0.2) is 20.1 Å². The number of nitrogens with one attached hydrogen (secondary N) is 1. The second-order valence-corrected chi connectivity index (χ2v) is 6.64. The van der Waals surface area contributed by atoms with Gasteiger partial charge in [0.1, 0.15) is 18.2 Å². The summed E-state index contributed by atoms with van der Waals surface area (Å²) in [5, 5.41) is 7.66. The van der Waals surface area contributed by atoms with E-state index in [1.54, 1.807) is 0 Å². The first-order valence-electron chi connectivity index (χ1n) is 8.22. The number of anilines is 1. The molecule has 0 radical (unpaired) electrons. The summed E-state index contributed by atoms with van der Waals surface area (Å²) in [5.74, 6) is 0.206. The number of aromatic nitrogens is 4. The van der Waals surface area contributed by atoms with Crippen molar-refractivity contribution in [2.45, 2.75) is 38.6 Å². The quantitative estimate of drug-likeness (QED) is 0.754. The van der Waals surface area contributed by atoms with Crippen molar-refractivity contribution in [2.24, 2.45) is 5.92 Å². The van der Waals surface area contributed by atoms with E-state index in [1.807, 2.05) is 13.8 Å². The zero-order valence-electron chi connectivity index (χ0n) is 13.8. The van der Waals surface area contributed by atoms with Gasteiger partial charge in [-0.15, -0.1) is 0 Å². The fraction of sp³-hybridized carbons (Fsp3) is 0.412. The summed E-state index contributed by atoms with van der Waals surface area (Å²) in [4.78, 5) is 12.7. The van der Waals surface area contributed by atoms with Crippen molar-refractivity contribution in [1.82, 2.24) is 20.1 Å². The van der Waals surface area contributed by atoms with E-state index < -0.39 is 11.6 Å². The van der Waals surface area contributed by atoms with Crippen molar-refractivity contribution in [3.63, 3.8) is 0 Å². The van der Waals surface area contributed by atoms with Crippen LogP contribution in [0, 0.1) is 17.6 Å². The Bertz CT molecular complexity index is 923. The van der Waals surface area contributed by atoms with E-state index in [2.05, 4.69) is 25.4 Å². The lowest BCUT2D eigenvalue weighted by molar-refractivity contribution is 0.332. The van der Waals surface area contributed by atoms with Crippen molar-refractivity contribution >= 4 is 16.7 Å². The molecule has 25 heavy (non-hydrogen) atoms. The number of rotatable bonds is 5. The molecular weight excluding hydrogens is 328 g/mol. The maximum absolute atomic E-state index is 13.6. The smallest absolute Gasteiger partial charge is 0.249 e. The van der Waals surface area contributed by atoms with Crippen LogP contribution in [0.15, 0.2) is 23.0 Å². The Hall–Kier alpha value is -2.64. The van der Waals surface area contributed by atoms with Crippen molar-refractivity contribution in [2.75, 3.05) is 5.32 Å².